The summed E-state index contributed by atoms with van der Waals surface area (Å²) in [5, 5.41) is 0. The number of ketones is 2. The molecule has 0 aromatic heterocycles. The van der Waals surface area contributed by atoms with Gasteiger partial charge in [0.15, 0.2) is 11.6 Å². The van der Waals surface area contributed by atoms with Crippen LogP contribution in [-0.2, 0) is 14.3 Å². The van der Waals surface area contributed by atoms with Gasteiger partial charge in [0, 0.05) is 12.5 Å². The molecule has 1 fully saturated rings. The number of carbonyl (C=O) groups excluding carboxylic acids is 2. The molecule has 0 N–H and O–H groups in total. The summed E-state index contributed by atoms with van der Waals surface area (Å²) in [5.74, 6) is -5.78. The van der Waals surface area contributed by atoms with E-state index in [-0.39, 0.29) is 29.1 Å². The van der Waals surface area contributed by atoms with E-state index in [4.69, 9.17) is 4.74 Å². The van der Waals surface area contributed by atoms with Crippen LogP contribution < -0.4 is 0 Å². The number of hydrogen-bond donors (Lipinski definition) is 0. The van der Waals surface area contributed by atoms with E-state index in [9.17, 15) is 22.8 Å². The Morgan fingerprint density at radius 2 is 1.95 bits per heavy atom. The van der Waals surface area contributed by atoms with E-state index in [1.165, 1.54) is 6.92 Å². The molecule has 3 nitrogen and oxygen atoms in total. The van der Waals surface area contributed by atoms with Crippen LogP contribution in [0.15, 0.2) is 46.2 Å². The summed E-state index contributed by atoms with van der Waals surface area (Å²) >= 11 is 0. The molecule has 1 spiro atoms. The predicted octanol–water partition coefficient (Wildman–Crippen LogP) is 3.11. The monoisotopic (exact) mass is 282 g/mol. The number of fused-ring (bicyclic) bond motifs is 1. The normalized spacial score (nSPS) is 28.6. The third-order valence-electron chi connectivity index (χ3n) is 3.95. The largest absolute Gasteiger partial charge is 0.464 e. The maximum atomic E-state index is 14.3. The fourth-order valence-electron chi connectivity index (χ4n) is 2.87. The van der Waals surface area contributed by atoms with E-state index in [2.05, 4.69) is 0 Å². The van der Waals surface area contributed by atoms with Gasteiger partial charge in [0.1, 0.15) is 22.8 Å². The van der Waals surface area contributed by atoms with Crippen molar-refractivity contribution in [1.29, 1.82) is 0 Å². The summed E-state index contributed by atoms with van der Waals surface area (Å²) < 4.78 is 47.4. The third kappa shape index (κ3) is 1.26. The molecule has 0 aromatic rings. The summed E-state index contributed by atoms with van der Waals surface area (Å²) in [6.07, 6.45) is 0.616. The lowest BCUT2D eigenvalue weighted by Crippen LogP contribution is -2.30. The van der Waals surface area contributed by atoms with Gasteiger partial charge in [-0.15, -0.1) is 0 Å². The van der Waals surface area contributed by atoms with Crippen molar-refractivity contribution in [3.8, 4) is 0 Å². The van der Waals surface area contributed by atoms with Gasteiger partial charge in [-0.05, 0) is 19.4 Å². The van der Waals surface area contributed by atoms with E-state index in [0.717, 1.165) is 13.0 Å². The van der Waals surface area contributed by atoms with Crippen LogP contribution in [0.25, 0.3) is 0 Å². The summed E-state index contributed by atoms with van der Waals surface area (Å²) in [4.78, 5) is 22.8. The zero-order valence-electron chi connectivity index (χ0n) is 10.6. The standard InChI is InChI=1S/C14H9F3O3/c1-5-11(15)10(6(2)18)8-4-14(5)9(20-8)3-7(19)12(16)13(14)17/h3H,4H2,1-2H3. The lowest BCUT2D eigenvalue weighted by molar-refractivity contribution is -0.114. The van der Waals surface area contributed by atoms with Crippen LogP contribution in [0.1, 0.15) is 20.3 Å². The number of ether oxygens (including phenoxy) is 1. The Bertz CT molecular complexity index is 709. The number of rotatable bonds is 1. The van der Waals surface area contributed by atoms with E-state index in [1.54, 1.807) is 0 Å². The molecule has 3 rings (SSSR count). The molecule has 2 aliphatic carbocycles. The van der Waals surface area contributed by atoms with Crippen LogP contribution in [-0.4, -0.2) is 11.6 Å². The average molecular weight is 282 g/mol. The van der Waals surface area contributed by atoms with E-state index >= 15 is 0 Å². The van der Waals surface area contributed by atoms with Crippen molar-refractivity contribution in [1.82, 2.24) is 0 Å². The summed E-state index contributed by atoms with van der Waals surface area (Å²) in [5.41, 5.74) is -2.18. The van der Waals surface area contributed by atoms with Crippen LogP contribution in [0.5, 0.6) is 0 Å². The van der Waals surface area contributed by atoms with Crippen molar-refractivity contribution in [2.75, 3.05) is 0 Å². The second kappa shape index (κ2) is 3.71. The smallest absolute Gasteiger partial charge is 0.220 e. The van der Waals surface area contributed by atoms with Crippen molar-refractivity contribution >= 4 is 11.6 Å². The molecule has 0 radical (unpaired) electrons. The average Bonchev–Trinajstić information content (AvgIpc) is 2.71. The van der Waals surface area contributed by atoms with E-state index in [1.807, 2.05) is 0 Å². The Hall–Kier alpha value is -2.11. The Kier molecular flexibility index (Phi) is 2.39. The van der Waals surface area contributed by atoms with Crippen molar-refractivity contribution in [3.05, 3.63) is 46.2 Å². The van der Waals surface area contributed by atoms with Gasteiger partial charge in [0.25, 0.3) is 0 Å². The van der Waals surface area contributed by atoms with Crippen LogP contribution in [0.3, 0.4) is 0 Å². The molecule has 3 aliphatic rings. The van der Waals surface area contributed by atoms with E-state index in [0.29, 0.717) is 0 Å². The Morgan fingerprint density at radius 1 is 1.30 bits per heavy atom. The number of allylic oxidation sites excluding steroid dienone is 6. The molecule has 1 saturated heterocycles. The minimum absolute atomic E-state index is 0.0653. The predicted molar refractivity (Wildman–Crippen MR) is 62.0 cm³/mol. The summed E-state index contributed by atoms with van der Waals surface area (Å²) in [7, 11) is 0. The molecule has 0 amide bonds. The molecular formula is C14H9F3O3. The lowest BCUT2D eigenvalue weighted by atomic mass is 9.69. The quantitative estimate of drug-likeness (QED) is 0.742. The molecule has 1 aliphatic heterocycles. The molecule has 1 unspecified atom stereocenters. The van der Waals surface area contributed by atoms with E-state index < -0.39 is 34.5 Å². The number of halogens is 3. The highest BCUT2D eigenvalue weighted by Gasteiger charge is 2.58. The lowest BCUT2D eigenvalue weighted by Gasteiger charge is -2.31. The second-order valence-electron chi connectivity index (χ2n) is 4.98. The van der Waals surface area contributed by atoms with Crippen molar-refractivity contribution in [2.24, 2.45) is 5.41 Å². The molecule has 20 heavy (non-hydrogen) atoms. The topological polar surface area (TPSA) is 43.4 Å². The Labute approximate surface area is 112 Å². The van der Waals surface area contributed by atoms with Gasteiger partial charge in [-0.2, -0.15) is 4.39 Å². The zero-order chi connectivity index (χ0) is 14.8. The fourth-order valence-corrected chi connectivity index (χ4v) is 2.87. The maximum absolute atomic E-state index is 14.3. The molecule has 1 atom stereocenters. The van der Waals surface area contributed by atoms with Crippen LogP contribution in [0.4, 0.5) is 13.2 Å². The highest BCUT2D eigenvalue weighted by molar-refractivity contribution is 6.05. The minimum Gasteiger partial charge on any atom is -0.464 e. The van der Waals surface area contributed by atoms with Gasteiger partial charge in [0.2, 0.25) is 11.6 Å². The molecule has 0 saturated carbocycles. The first-order valence-electron chi connectivity index (χ1n) is 5.92. The highest BCUT2D eigenvalue weighted by atomic mass is 19.2. The Balaban J connectivity index is 2.34. The third-order valence-corrected chi connectivity index (χ3v) is 3.95. The van der Waals surface area contributed by atoms with Gasteiger partial charge in [0.05, 0.1) is 5.57 Å². The van der Waals surface area contributed by atoms with Crippen LogP contribution >= 0.6 is 0 Å². The van der Waals surface area contributed by atoms with Crippen LogP contribution in [0, 0.1) is 5.41 Å². The van der Waals surface area contributed by atoms with Crippen molar-refractivity contribution < 1.29 is 27.5 Å². The molecule has 6 heteroatoms. The molecule has 0 aromatic carbocycles. The second-order valence-corrected chi connectivity index (χ2v) is 4.98. The Morgan fingerprint density at radius 3 is 2.55 bits per heavy atom. The molecule has 1 heterocycles. The fraction of sp³-hybridized carbons (Fsp3) is 0.286. The van der Waals surface area contributed by atoms with Gasteiger partial charge in [-0.25, -0.2) is 8.78 Å². The zero-order valence-corrected chi connectivity index (χ0v) is 10.6. The highest BCUT2D eigenvalue weighted by Crippen LogP contribution is 2.61. The van der Waals surface area contributed by atoms with Crippen LogP contribution in [0.2, 0.25) is 0 Å². The first-order valence-corrected chi connectivity index (χ1v) is 5.92. The van der Waals surface area contributed by atoms with Gasteiger partial charge in [-0.1, -0.05) is 0 Å². The van der Waals surface area contributed by atoms with Crippen molar-refractivity contribution in [3.63, 3.8) is 0 Å². The first-order chi connectivity index (χ1) is 9.30. The summed E-state index contributed by atoms with van der Waals surface area (Å²) in [6, 6.07) is 0. The van der Waals surface area contributed by atoms with Gasteiger partial charge >= 0.3 is 0 Å². The molecular weight excluding hydrogens is 273 g/mol. The molecule has 2 bridgehead atoms. The maximum Gasteiger partial charge on any atom is 0.220 e. The van der Waals surface area contributed by atoms with Crippen molar-refractivity contribution in [2.45, 2.75) is 20.3 Å². The SMILES string of the molecule is CC(=O)C1=C2CC3(C(=CC(=O)C(F)=C3F)O2)C(C)=C1F. The minimum atomic E-state index is -1.75. The van der Waals surface area contributed by atoms with Gasteiger partial charge in [-0.3, -0.25) is 9.59 Å². The summed E-state index contributed by atoms with van der Waals surface area (Å²) in [6.45, 7) is 2.42. The first kappa shape index (κ1) is 12.9. The number of hydrogen-bond acceptors (Lipinski definition) is 3. The number of carbonyl (C=O) groups is 2. The van der Waals surface area contributed by atoms with Gasteiger partial charge < -0.3 is 4.74 Å². The molecule has 104 valence electrons. The number of Topliss-reactive ketones (excluding diaryl/α,β-unsaturated/α-hetero) is 1.